The first-order valence-corrected chi connectivity index (χ1v) is 7.29. The van der Waals surface area contributed by atoms with Crippen LogP contribution >= 0.6 is 20.2 Å². The SMILES string of the molecule is COc1ccc(Pc2cc(Cl)c(OC)c(C=O)c2)cc1.[H-].[Li+]. The zero-order chi connectivity index (χ0) is 14.5. The van der Waals surface area contributed by atoms with Gasteiger partial charge in [-0.2, -0.15) is 0 Å². The van der Waals surface area contributed by atoms with E-state index in [1.54, 1.807) is 13.2 Å². The number of carbonyl (C=O) groups excluding carboxylic acids is 1. The third kappa shape index (κ3) is 4.50. The van der Waals surface area contributed by atoms with Gasteiger partial charge in [0.2, 0.25) is 0 Å². The van der Waals surface area contributed by atoms with Crippen molar-refractivity contribution >= 4 is 37.1 Å². The fourth-order valence-corrected chi connectivity index (χ4v) is 3.34. The third-order valence-corrected chi connectivity index (χ3v) is 4.26. The van der Waals surface area contributed by atoms with E-state index in [1.807, 2.05) is 30.3 Å². The maximum Gasteiger partial charge on any atom is 1.00 e. The zero-order valence-electron chi connectivity index (χ0n) is 13.1. The second kappa shape index (κ2) is 8.47. The maximum absolute atomic E-state index is 11.1. The summed E-state index contributed by atoms with van der Waals surface area (Å²) in [6, 6.07) is 11.4. The molecule has 0 bridgehead atoms. The number of ether oxygens (including phenoxy) is 2. The number of aldehydes is 1. The molecule has 0 aliphatic heterocycles. The van der Waals surface area contributed by atoms with E-state index < -0.39 is 0 Å². The summed E-state index contributed by atoms with van der Waals surface area (Å²) in [4.78, 5) is 11.1. The van der Waals surface area contributed by atoms with Gasteiger partial charge in [0, 0.05) is 0 Å². The third-order valence-electron chi connectivity index (χ3n) is 2.78. The summed E-state index contributed by atoms with van der Waals surface area (Å²) in [5, 5.41) is 2.58. The van der Waals surface area contributed by atoms with E-state index in [2.05, 4.69) is 0 Å². The second-order valence-electron chi connectivity index (χ2n) is 4.05. The Morgan fingerprint density at radius 2 is 1.76 bits per heavy atom. The van der Waals surface area contributed by atoms with Crippen LogP contribution in [-0.2, 0) is 0 Å². The second-order valence-corrected chi connectivity index (χ2v) is 5.86. The van der Waals surface area contributed by atoms with Crippen LogP contribution in [0, 0.1) is 0 Å². The Hall–Kier alpha value is -0.973. The molecule has 0 radical (unpaired) electrons. The number of methoxy groups -OCH3 is 2. The van der Waals surface area contributed by atoms with Crippen molar-refractivity contribution in [2.75, 3.05) is 14.2 Å². The summed E-state index contributed by atoms with van der Waals surface area (Å²) in [5.41, 5.74) is 0.469. The van der Waals surface area contributed by atoms with Crippen molar-refractivity contribution in [3.63, 3.8) is 0 Å². The predicted octanol–water partition coefficient (Wildman–Crippen LogP) is -0.0845. The molecule has 106 valence electrons. The van der Waals surface area contributed by atoms with E-state index in [-0.39, 0.29) is 20.3 Å². The van der Waals surface area contributed by atoms with E-state index in [0.717, 1.165) is 22.6 Å². The molecular formula is C15H15ClLiO3P. The smallest absolute Gasteiger partial charge is 1.00 e. The van der Waals surface area contributed by atoms with Gasteiger partial charge in [0.25, 0.3) is 0 Å². The summed E-state index contributed by atoms with van der Waals surface area (Å²) in [6.07, 6.45) is 0.757. The van der Waals surface area contributed by atoms with Crippen molar-refractivity contribution in [1.29, 1.82) is 0 Å². The average molecular weight is 317 g/mol. The van der Waals surface area contributed by atoms with Crippen molar-refractivity contribution in [3.05, 3.63) is 47.0 Å². The minimum atomic E-state index is 0. The van der Waals surface area contributed by atoms with E-state index in [4.69, 9.17) is 21.1 Å². The van der Waals surface area contributed by atoms with Crippen LogP contribution in [0.5, 0.6) is 11.5 Å². The summed E-state index contributed by atoms with van der Waals surface area (Å²) in [5.74, 6) is 1.24. The molecule has 0 fully saturated rings. The van der Waals surface area contributed by atoms with Gasteiger partial charge in [-0.25, -0.2) is 0 Å². The minimum absolute atomic E-state index is 0. The number of halogens is 1. The molecule has 6 heteroatoms. The maximum atomic E-state index is 11.1. The van der Waals surface area contributed by atoms with Crippen LogP contribution in [0.15, 0.2) is 36.4 Å². The van der Waals surface area contributed by atoms with Gasteiger partial charge >= 0.3 is 18.9 Å². The van der Waals surface area contributed by atoms with Crippen LogP contribution < -0.4 is 38.9 Å². The Morgan fingerprint density at radius 1 is 1.10 bits per heavy atom. The monoisotopic (exact) mass is 316 g/mol. The Labute approximate surface area is 144 Å². The quantitative estimate of drug-likeness (QED) is 0.440. The van der Waals surface area contributed by atoms with E-state index in [0.29, 0.717) is 24.9 Å². The molecule has 2 aromatic carbocycles. The topological polar surface area (TPSA) is 35.5 Å². The molecule has 2 rings (SSSR count). The molecule has 0 amide bonds. The van der Waals surface area contributed by atoms with Crippen LogP contribution in [-0.4, -0.2) is 20.5 Å². The normalized spacial score (nSPS) is 10.2. The Bertz CT molecular complexity index is 623. The molecule has 1 unspecified atom stereocenters. The first-order chi connectivity index (χ1) is 9.67. The first-order valence-electron chi connectivity index (χ1n) is 5.91. The van der Waals surface area contributed by atoms with Crippen molar-refractivity contribution in [2.24, 2.45) is 0 Å². The zero-order valence-corrected chi connectivity index (χ0v) is 13.9. The van der Waals surface area contributed by atoms with Crippen LogP contribution in [0.1, 0.15) is 11.8 Å². The van der Waals surface area contributed by atoms with Crippen molar-refractivity contribution in [2.45, 2.75) is 0 Å². The summed E-state index contributed by atoms with van der Waals surface area (Å²) < 4.78 is 10.3. The Morgan fingerprint density at radius 3 is 2.29 bits per heavy atom. The largest absolute Gasteiger partial charge is 1.00 e. The molecule has 0 heterocycles. The van der Waals surface area contributed by atoms with Gasteiger partial charge in [-0.3, -0.25) is 4.79 Å². The first kappa shape index (κ1) is 18.1. The molecule has 0 saturated heterocycles. The predicted molar refractivity (Wildman–Crippen MR) is 85.1 cm³/mol. The number of hydrogen-bond donors (Lipinski definition) is 0. The molecule has 0 saturated carbocycles. The van der Waals surface area contributed by atoms with Gasteiger partial charge in [0.05, 0.1) is 24.8 Å². The summed E-state index contributed by atoms with van der Waals surface area (Å²) in [6.45, 7) is 0. The standard InChI is InChI=1S/C15H14ClO3P.Li.H/c1-18-11-3-5-12(6-4-11)20-13-7-10(9-17)15(19-2)14(16)8-13;;/h3-9,20H,1-2H3;;/q;+1;-1. The van der Waals surface area contributed by atoms with Gasteiger partial charge < -0.3 is 10.9 Å². The molecule has 2 aromatic rings. The van der Waals surface area contributed by atoms with Crippen molar-refractivity contribution in [1.82, 2.24) is 0 Å². The van der Waals surface area contributed by atoms with Crippen LogP contribution in [0.25, 0.3) is 0 Å². The molecule has 0 aliphatic carbocycles. The average Bonchev–Trinajstić information content (AvgIpc) is 2.47. The van der Waals surface area contributed by atoms with E-state index in [9.17, 15) is 4.79 Å². The van der Waals surface area contributed by atoms with E-state index in [1.165, 1.54) is 7.11 Å². The summed E-state index contributed by atoms with van der Waals surface area (Å²) in [7, 11) is 3.55. The van der Waals surface area contributed by atoms with Crippen LogP contribution in [0.3, 0.4) is 0 Å². The molecule has 3 nitrogen and oxygen atoms in total. The van der Waals surface area contributed by atoms with E-state index >= 15 is 0 Å². The van der Waals surface area contributed by atoms with Gasteiger partial charge in [-0.1, -0.05) is 32.3 Å². The number of carbonyl (C=O) groups is 1. The summed E-state index contributed by atoms with van der Waals surface area (Å²) >= 11 is 6.13. The van der Waals surface area contributed by atoms with Gasteiger partial charge in [0.15, 0.2) is 6.29 Å². The van der Waals surface area contributed by atoms with Crippen LogP contribution in [0.4, 0.5) is 0 Å². The molecule has 1 atom stereocenters. The molecule has 0 aliphatic rings. The molecular weight excluding hydrogens is 302 g/mol. The Balaban J connectivity index is 0.00000220. The molecule has 0 N–H and O–H groups in total. The fourth-order valence-electron chi connectivity index (χ4n) is 1.83. The Kier molecular flexibility index (Phi) is 7.29. The van der Waals surface area contributed by atoms with Crippen molar-refractivity contribution in [3.8, 4) is 11.5 Å². The fraction of sp³-hybridized carbons (Fsp3) is 0.133. The van der Waals surface area contributed by atoms with Crippen molar-refractivity contribution < 1.29 is 34.6 Å². The minimum Gasteiger partial charge on any atom is -1.00 e. The van der Waals surface area contributed by atoms with Crippen LogP contribution in [0.2, 0.25) is 5.02 Å². The number of hydrogen-bond acceptors (Lipinski definition) is 3. The van der Waals surface area contributed by atoms with Gasteiger partial charge in [-0.15, -0.1) is 0 Å². The number of rotatable bonds is 5. The molecule has 0 aromatic heterocycles. The molecule has 0 spiro atoms. The van der Waals surface area contributed by atoms with Gasteiger partial charge in [0.1, 0.15) is 11.5 Å². The number of benzene rings is 2. The molecule has 21 heavy (non-hydrogen) atoms. The van der Waals surface area contributed by atoms with Gasteiger partial charge in [-0.05, 0) is 34.9 Å².